The number of carbonyl (C=O) groups is 1. The molecule has 8 heteroatoms. The van der Waals surface area contributed by atoms with Gasteiger partial charge in [-0.2, -0.15) is 0 Å². The highest BCUT2D eigenvalue weighted by Gasteiger charge is 2.16. The van der Waals surface area contributed by atoms with Gasteiger partial charge in [-0.15, -0.1) is 0 Å². The second-order valence-electron chi connectivity index (χ2n) is 6.60. The summed E-state index contributed by atoms with van der Waals surface area (Å²) in [4.78, 5) is 28.3. The van der Waals surface area contributed by atoms with Gasteiger partial charge in [0.2, 0.25) is 5.91 Å². The number of halogens is 2. The number of fused-ring (bicyclic) bond motifs is 1. The Labute approximate surface area is 170 Å². The van der Waals surface area contributed by atoms with Gasteiger partial charge in [-0.05, 0) is 43.2 Å². The molecule has 2 N–H and O–H groups in total. The first-order valence-corrected chi connectivity index (χ1v) is 9.57. The highest BCUT2D eigenvalue weighted by molar-refractivity contribution is 6.42. The van der Waals surface area contributed by atoms with Crippen molar-refractivity contribution in [2.45, 2.75) is 12.8 Å². The zero-order chi connectivity index (χ0) is 19.7. The van der Waals surface area contributed by atoms with Gasteiger partial charge >= 0.3 is 5.76 Å². The van der Waals surface area contributed by atoms with Crippen molar-refractivity contribution in [3.63, 3.8) is 0 Å². The number of aromatic nitrogens is 1. The number of nitrogens with zero attached hydrogens (tertiary/aromatic N) is 1. The molecule has 1 aliphatic rings. The molecule has 1 fully saturated rings. The van der Waals surface area contributed by atoms with E-state index in [9.17, 15) is 9.59 Å². The van der Waals surface area contributed by atoms with E-state index in [2.05, 4.69) is 15.2 Å². The molecule has 1 saturated heterocycles. The molecule has 144 valence electrons. The Morgan fingerprint density at radius 1 is 1.11 bits per heavy atom. The summed E-state index contributed by atoms with van der Waals surface area (Å²) in [5, 5.41) is 3.89. The Bertz CT molecular complexity index is 1120. The van der Waals surface area contributed by atoms with Gasteiger partial charge in [0, 0.05) is 36.6 Å². The van der Waals surface area contributed by atoms with E-state index in [1.165, 1.54) is 0 Å². The number of H-pyrrole nitrogens is 1. The van der Waals surface area contributed by atoms with Crippen molar-refractivity contribution in [2.24, 2.45) is 0 Å². The minimum Gasteiger partial charge on any atom is -0.408 e. The van der Waals surface area contributed by atoms with Crippen LogP contribution in [0.4, 0.5) is 11.4 Å². The zero-order valence-electron chi connectivity index (χ0n) is 14.8. The Morgan fingerprint density at radius 3 is 2.64 bits per heavy atom. The molecule has 0 atom stereocenters. The number of oxazole rings is 1. The molecule has 1 amide bonds. The van der Waals surface area contributed by atoms with Crippen molar-refractivity contribution in [1.29, 1.82) is 0 Å². The molecule has 2 aromatic carbocycles. The largest absolute Gasteiger partial charge is 0.417 e. The number of hydrogen-bond donors (Lipinski definition) is 2. The molecule has 1 aliphatic heterocycles. The number of rotatable bonds is 3. The van der Waals surface area contributed by atoms with E-state index in [0.717, 1.165) is 37.2 Å². The van der Waals surface area contributed by atoms with Crippen LogP contribution >= 0.6 is 23.2 Å². The lowest BCUT2D eigenvalue weighted by molar-refractivity contribution is -0.112. The first-order valence-electron chi connectivity index (χ1n) is 8.81. The Morgan fingerprint density at radius 2 is 1.89 bits per heavy atom. The number of carbonyl (C=O) groups excluding carboxylic acids is 1. The Kier molecular flexibility index (Phi) is 5.15. The number of hydrogen-bond acceptors (Lipinski definition) is 4. The van der Waals surface area contributed by atoms with Gasteiger partial charge in [-0.3, -0.25) is 9.78 Å². The van der Waals surface area contributed by atoms with Crippen LogP contribution in [0.15, 0.2) is 57.3 Å². The minimum atomic E-state index is -0.519. The monoisotopic (exact) mass is 417 g/mol. The third kappa shape index (κ3) is 4.08. The van der Waals surface area contributed by atoms with Crippen molar-refractivity contribution in [1.82, 2.24) is 4.98 Å². The van der Waals surface area contributed by atoms with Gasteiger partial charge < -0.3 is 14.6 Å². The molecule has 6 nitrogen and oxygen atoms in total. The van der Waals surface area contributed by atoms with Crippen LogP contribution in [0.3, 0.4) is 0 Å². The number of aromatic amines is 1. The highest BCUT2D eigenvalue weighted by Crippen LogP contribution is 2.29. The molecule has 0 radical (unpaired) electrons. The molecule has 0 saturated carbocycles. The molecule has 0 unspecified atom stereocenters. The summed E-state index contributed by atoms with van der Waals surface area (Å²) < 4.78 is 5.01. The van der Waals surface area contributed by atoms with Crippen LogP contribution in [0.1, 0.15) is 12.8 Å². The zero-order valence-corrected chi connectivity index (χ0v) is 16.3. The van der Waals surface area contributed by atoms with E-state index < -0.39 is 5.76 Å². The number of amides is 1. The molecular weight excluding hydrogens is 401 g/mol. The maximum absolute atomic E-state index is 12.3. The van der Waals surface area contributed by atoms with Gasteiger partial charge in [-0.1, -0.05) is 28.8 Å². The topological polar surface area (TPSA) is 78.3 Å². The average molecular weight is 418 g/mol. The highest BCUT2D eigenvalue weighted by atomic mass is 35.5. The molecule has 3 aromatic rings. The Balaban J connectivity index is 1.38. The van der Waals surface area contributed by atoms with Gasteiger partial charge in [0.25, 0.3) is 0 Å². The molecule has 4 rings (SSSR count). The summed E-state index contributed by atoms with van der Waals surface area (Å²) >= 11 is 12.1. The average Bonchev–Trinajstić information content (AvgIpc) is 3.04. The van der Waals surface area contributed by atoms with Gasteiger partial charge in [0.15, 0.2) is 5.58 Å². The third-order valence-corrected chi connectivity index (χ3v) is 5.44. The van der Waals surface area contributed by atoms with Crippen molar-refractivity contribution >= 4 is 51.6 Å². The summed E-state index contributed by atoms with van der Waals surface area (Å²) in [6.07, 6.45) is 3.22. The van der Waals surface area contributed by atoms with Crippen molar-refractivity contribution in [3.05, 3.63) is 68.6 Å². The summed E-state index contributed by atoms with van der Waals surface area (Å²) in [5.74, 6) is -0.718. The van der Waals surface area contributed by atoms with Crippen molar-refractivity contribution < 1.29 is 9.21 Å². The fraction of sp³-hybridized carbons (Fsp3) is 0.200. The lowest BCUT2D eigenvalue weighted by Crippen LogP contribution is -2.30. The second kappa shape index (κ2) is 7.73. The van der Waals surface area contributed by atoms with E-state index in [4.69, 9.17) is 27.6 Å². The number of anilines is 2. The lowest BCUT2D eigenvalue weighted by Gasteiger charge is -2.30. The maximum Gasteiger partial charge on any atom is 0.417 e. The van der Waals surface area contributed by atoms with E-state index in [1.54, 1.807) is 30.3 Å². The molecule has 0 spiro atoms. The van der Waals surface area contributed by atoms with Crippen LogP contribution in [0.2, 0.25) is 10.0 Å². The molecule has 1 aromatic heterocycles. The summed E-state index contributed by atoms with van der Waals surface area (Å²) in [6.45, 7) is 1.61. The predicted octanol–water partition coefficient (Wildman–Crippen LogP) is 4.59. The van der Waals surface area contributed by atoms with Crippen molar-refractivity contribution in [2.75, 3.05) is 23.3 Å². The van der Waals surface area contributed by atoms with Crippen LogP contribution < -0.4 is 16.0 Å². The smallest absolute Gasteiger partial charge is 0.408 e. The fourth-order valence-corrected chi connectivity index (χ4v) is 3.56. The number of nitrogens with one attached hydrogen (secondary N) is 2. The van der Waals surface area contributed by atoms with Crippen LogP contribution in [0, 0.1) is 0 Å². The standard InChI is InChI=1S/C20H17Cl2N3O3/c21-15-3-2-14(11-16(15)22)25-7-5-12(6-8-25)9-19(26)23-13-1-4-17-18(10-13)28-20(27)24-17/h1-4,9-11H,5-8H2,(H,23,26)(H,24,27). The first-order chi connectivity index (χ1) is 13.5. The lowest BCUT2D eigenvalue weighted by atomic mass is 10.0. The van der Waals surface area contributed by atoms with Crippen LogP contribution in [-0.4, -0.2) is 24.0 Å². The maximum atomic E-state index is 12.3. The summed E-state index contributed by atoms with van der Waals surface area (Å²) in [5.41, 5.74) is 3.69. The van der Waals surface area contributed by atoms with Gasteiger partial charge in [-0.25, -0.2) is 4.79 Å². The molecule has 0 bridgehead atoms. The summed E-state index contributed by atoms with van der Waals surface area (Å²) in [6, 6.07) is 10.6. The normalized spacial score (nSPS) is 14.4. The SMILES string of the molecule is O=C(C=C1CCN(c2ccc(Cl)c(Cl)c2)CC1)Nc1ccc2[nH]c(=O)oc2c1. The molecular formula is C20H17Cl2N3O3. The first kappa shape index (κ1) is 18.7. The summed E-state index contributed by atoms with van der Waals surface area (Å²) in [7, 11) is 0. The minimum absolute atomic E-state index is 0.199. The number of piperidine rings is 1. The van der Waals surface area contributed by atoms with Crippen molar-refractivity contribution in [3.8, 4) is 0 Å². The quantitative estimate of drug-likeness (QED) is 0.610. The van der Waals surface area contributed by atoms with E-state index in [0.29, 0.717) is 26.8 Å². The van der Waals surface area contributed by atoms with E-state index >= 15 is 0 Å². The van der Waals surface area contributed by atoms with Crippen LogP contribution in [-0.2, 0) is 4.79 Å². The fourth-order valence-electron chi connectivity index (χ4n) is 3.27. The van der Waals surface area contributed by atoms with Gasteiger partial charge in [0.1, 0.15) is 0 Å². The molecule has 28 heavy (non-hydrogen) atoms. The third-order valence-electron chi connectivity index (χ3n) is 4.70. The predicted molar refractivity (Wildman–Crippen MR) is 111 cm³/mol. The molecule has 2 heterocycles. The number of benzene rings is 2. The van der Waals surface area contributed by atoms with Crippen LogP contribution in [0.25, 0.3) is 11.1 Å². The second-order valence-corrected chi connectivity index (χ2v) is 7.42. The van der Waals surface area contributed by atoms with E-state index in [1.807, 2.05) is 12.1 Å². The Hall–Kier alpha value is -2.70. The van der Waals surface area contributed by atoms with E-state index in [-0.39, 0.29) is 5.91 Å². The molecule has 0 aliphatic carbocycles. The van der Waals surface area contributed by atoms with Gasteiger partial charge in [0.05, 0.1) is 15.6 Å². The van der Waals surface area contributed by atoms with Crippen LogP contribution in [0.5, 0.6) is 0 Å².